The fraction of sp³-hybridized carbons (Fsp3) is 0.471. The molecule has 0 fully saturated rings. The molecule has 0 saturated carbocycles. The zero-order chi connectivity index (χ0) is 17.2. The Hall–Kier alpha value is -1.84. The van der Waals surface area contributed by atoms with Crippen molar-refractivity contribution in [2.75, 3.05) is 26.7 Å². The molecule has 138 valence electrons. The number of nitrogens with zero attached hydrogens (tertiary/aromatic N) is 4. The Labute approximate surface area is 166 Å². The van der Waals surface area contributed by atoms with Gasteiger partial charge in [-0.25, -0.2) is 0 Å². The minimum absolute atomic E-state index is 0. The van der Waals surface area contributed by atoms with Crippen molar-refractivity contribution < 1.29 is 4.74 Å². The van der Waals surface area contributed by atoms with Crippen LogP contribution in [0.1, 0.15) is 17.8 Å². The van der Waals surface area contributed by atoms with Crippen molar-refractivity contribution in [2.24, 2.45) is 4.99 Å². The second-order valence-electron chi connectivity index (χ2n) is 5.47. The molecule has 0 bridgehead atoms. The second-order valence-corrected chi connectivity index (χ2v) is 5.47. The van der Waals surface area contributed by atoms with Crippen LogP contribution in [0.4, 0.5) is 0 Å². The van der Waals surface area contributed by atoms with Crippen molar-refractivity contribution >= 4 is 29.9 Å². The zero-order valence-corrected chi connectivity index (χ0v) is 17.4. The van der Waals surface area contributed by atoms with E-state index < -0.39 is 0 Å². The first-order valence-electron chi connectivity index (χ1n) is 8.17. The van der Waals surface area contributed by atoms with Crippen molar-refractivity contribution in [3.05, 3.63) is 42.0 Å². The standard InChI is InChI=1S/C17H26N6O.HI/c1-14-12-15(2)23(22-14)10-5-8-20-17(18-3)21-9-11-24-16-6-4-7-19-13-16;/h4,6-7,12-13H,5,8-11H2,1-3H3,(H2,18,20,21);1H. The third kappa shape index (κ3) is 7.72. The van der Waals surface area contributed by atoms with Gasteiger partial charge in [-0.05, 0) is 38.5 Å². The van der Waals surface area contributed by atoms with Crippen LogP contribution in [-0.2, 0) is 6.54 Å². The van der Waals surface area contributed by atoms with Crippen molar-refractivity contribution in [3.8, 4) is 5.75 Å². The third-order valence-electron chi connectivity index (χ3n) is 3.46. The first kappa shape index (κ1) is 21.2. The van der Waals surface area contributed by atoms with Crippen molar-refractivity contribution in [1.29, 1.82) is 0 Å². The van der Waals surface area contributed by atoms with Gasteiger partial charge in [0.2, 0.25) is 0 Å². The lowest BCUT2D eigenvalue weighted by atomic mass is 10.4. The minimum Gasteiger partial charge on any atom is -0.490 e. The van der Waals surface area contributed by atoms with Gasteiger partial charge in [0.1, 0.15) is 12.4 Å². The number of halogens is 1. The van der Waals surface area contributed by atoms with Crippen LogP contribution >= 0.6 is 24.0 Å². The van der Waals surface area contributed by atoms with Gasteiger partial charge in [-0.2, -0.15) is 5.10 Å². The molecule has 2 aromatic rings. The molecule has 2 aromatic heterocycles. The number of pyridine rings is 1. The topological polar surface area (TPSA) is 76.4 Å². The summed E-state index contributed by atoms with van der Waals surface area (Å²) in [5, 5.41) is 11.0. The molecule has 2 heterocycles. The zero-order valence-electron chi connectivity index (χ0n) is 15.0. The lowest BCUT2D eigenvalue weighted by molar-refractivity contribution is 0.320. The van der Waals surface area contributed by atoms with Gasteiger partial charge >= 0.3 is 0 Å². The number of aryl methyl sites for hydroxylation is 3. The molecule has 0 aliphatic rings. The van der Waals surface area contributed by atoms with Gasteiger partial charge in [-0.1, -0.05) is 0 Å². The van der Waals surface area contributed by atoms with Gasteiger partial charge in [0.25, 0.3) is 0 Å². The lowest BCUT2D eigenvalue weighted by Crippen LogP contribution is -2.39. The van der Waals surface area contributed by atoms with Gasteiger partial charge in [0.15, 0.2) is 5.96 Å². The maximum Gasteiger partial charge on any atom is 0.191 e. The Balaban J connectivity index is 0.00000312. The summed E-state index contributed by atoms with van der Waals surface area (Å²) in [6.07, 6.45) is 4.41. The summed E-state index contributed by atoms with van der Waals surface area (Å²) in [6.45, 7) is 7.05. The average Bonchev–Trinajstić information content (AvgIpc) is 2.92. The summed E-state index contributed by atoms with van der Waals surface area (Å²) < 4.78 is 7.62. The molecule has 0 unspecified atom stereocenters. The number of hydrogen-bond donors (Lipinski definition) is 2. The van der Waals surface area contributed by atoms with E-state index in [2.05, 4.69) is 38.7 Å². The van der Waals surface area contributed by atoms with Crippen LogP contribution < -0.4 is 15.4 Å². The molecule has 0 amide bonds. The summed E-state index contributed by atoms with van der Waals surface area (Å²) in [4.78, 5) is 8.21. The van der Waals surface area contributed by atoms with E-state index in [-0.39, 0.29) is 24.0 Å². The maximum absolute atomic E-state index is 5.58. The smallest absolute Gasteiger partial charge is 0.191 e. The molecular weight excluding hydrogens is 431 g/mol. The van der Waals surface area contributed by atoms with E-state index in [1.54, 1.807) is 19.4 Å². The normalized spacial score (nSPS) is 10.9. The number of aliphatic imine (C=N–C) groups is 1. The lowest BCUT2D eigenvalue weighted by Gasteiger charge is -2.12. The van der Waals surface area contributed by atoms with E-state index in [9.17, 15) is 0 Å². The Bertz CT molecular complexity index is 644. The quantitative estimate of drug-likeness (QED) is 0.275. The molecule has 0 atom stereocenters. The van der Waals surface area contributed by atoms with E-state index in [0.29, 0.717) is 13.2 Å². The van der Waals surface area contributed by atoms with Crippen molar-refractivity contribution in [2.45, 2.75) is 26.8 Å². The summed E-state index contributed by atoms with van der Waals surface area (Å²) in [5.41, 5.74) is 2.26. The number of nitrogens with one attached hydrogen (secondary N) is 2. The molecule has 0 radical (unpaired) electrons. The number of ether oxygens (including phenoxy) is 1. The molecule has 2 rings (SSSR count). The van der Waals surface area contributed by atoms with Gasteiger partial charge in [-0.15, -0.1) is 24.0 Å². The number of guanidine groups is 1. The molecule has 0 saturated heterocycles. The molecule has 7 nitrogen and oxygen atoms in total. The van der Waals surface area contributed by atoms with Crippen LogP contribution in [0.2, 0.25) is 0 Å². The summed E-state index contributed by atoms with van der Waals surface area (Å²) in [7, 11) is 1.76. The molecule has 0 aromatic carbocycles. The number of aromatic nitrogens is 3. The fourth-order valence-corrected chi connectivity index (χ4v) is 2.33. The van der Waals surface area contributed by atoms with Gasteiger partial charge in [-0.3, -0.25) is 14.7 Å². The molecular formula is C17H27IN6O. The largest absolute Gasteiger partial charge is 0.490 e. The summed E-state index contributed by atoms with van der Waals surface area (Å²) >= 11 is 0. The van der Waals surface area contributed by atoms with Crippen molar-refractivity contribution in [3.63, 3.8) is 0 Å². The Morgan fingerprint density at radius 1 is 1.28 bits per heavy atom. The number of rotatable bonds is 8. The SMILES string of the molecule is CN=C(NCCCn1nc(C)cc1C)NCCOc1cccnc1.I. The highest BCUT2D eigenvalue weighted by atomic mass is 127. The van der Waals surface area contributed by atoms with Crippen LogP contribution in [0, 0.1) is 13.8 Å². The minimum atomic E-state index is 0. The Morgan fingerprint density at radius 3 is 2.72 bits per heavy atom. The Kier molecular flexibility index (Phi) is 9.90. The highest BCUT2D eigenvalue weighted by Crippen LogP contribution is 2.05. The van der Waals surface area contributed by atoms with E-state index in [1.165, 1.54) is 5.69 Å². The first-order valence-corrected chi connectivity index (χ1v) is 8.17. The average molecular weight is 458 g/mol. The second kappa shape index (κ2) is 11.7. The highest BCUT2D eigenvalue weighted by molar-refractivity contribution is 14.0. The predicted molar refractivity (Wildman–Crippen MR) is 111 cm³/mol. The highest BCUT2D eigenvalue weighted by Gasteiger charge is 2.01. The van der Waals surface area contributed by atoms with Gasteiger partial charge in [0.05, 0.1) is 18.4 Å². The van der Waals surface area contributed by atoms with Crippen molar-refractivity contribution in [1.82, 2.24) is 25.4 Å². The predicted octanol–water partition coefficient (Wildman–Crippen LogP) is 2.15. The number of hydrogen-bond acceptors (Lipinski definition) is 4. The van der Waals surface area contributed by atoms with Crippen LogP contribution in [0.3, 0.4) is 0 Å². The fourth-order valence-electron chi connectivity index (χ4n) is 2.33. The van der Waals surface area contributed by atoms with Crippen LogP contribution in [0.25, 0.3) is 0 Å². The summed E-state index contributed by atoms with van der Waals surface area (Å²) in [5.74, 6) is 1.55. The van der Waals surface area contributed by atoms with Crippen LogP contribution in [0.15, 0.2) is 35.6 Å². The van der Waals surface area contributed by atoms with E-state index >= 15 is 0 Å². The molecule has 0 aliphatic heterocycles. The van der Waals surface area contributed by atoms with Crippen LogP contribution in [-0.4, -0.2) is 47.5 Å². The monoisotopic (exact) mass is 458 g/mol. The molecule has 8 heteroatoms. The van der Waals surface area contributed by atoms with E-state index in [1.807, 2.05) is 23.7 Å². The van der Waals surface area contributed by atoms with E-state index in [0.717, 1.165) is 36.9 Å². The first-order chi connectivity index (χ1) is 11.7. The molecule has 0 spiro atoms. The van der Waals surface area contributed by atoms with E-state index in [4.69, 9.17) is 4.74 Å². The molecule has 2 N–H and O–H groups in total. The third-order valence-corrected chi connectivity index (χ3v) is 3.46. The molecule has 0 aliphatic carbocycles. The Morgan fingerprint density at radius 2 is 2.08 bits per heavy atom. The van der Waals surface area contributed by atoms with Gasteiger partial charge < -0.3 is 15.4 Å². The molecule has 25 heavy (non-hydrogen) atoms. The van der Waals surface area contributed by atoms with Crippen LogP contribution in [0.5, 0.6) is 5.75 Å². The van der Waals surface area contributed by atoms with Gasteiger partial charge in [0, 0.05) is 32.0 Å². The summed E-state index contributed by atoms with van der Waals surface area (Å²) in [6, 6.07) is 5.83. The maximum atomic E-state index is 5.58.